The molecule has 0 aromatic heterocycles. The number of hydrogen-bond acceptors (Lipinski definition) is 4. The summed E-state index contributed by atoms with van der Waals surface area (Å²) >= 11 is 0. The number of anilines is 1. The van der Waals surface area contributed by atoms with Gasteiger partial charge in [0.1, 0.15) is 12.4 Å². The third-order valence-electron chi connectivity index (χ3n) is 4.86. The molecule has 0 bridgehead atoms. The van der Waals surface area contributed by atoms with Crippen molar-refractivity contribution in [3.8, 4) is 5.75 Å². The third-order valence-corrected chi connectivity index (χ3v) is 4.86. The van der Waals surface area contributed by atoms with Gasteiger partial charge in [-0.3, -0.25) is 14.5 Å². The highest BCUT2D eigenvalue weighted by molar-refractivity contribution is 5.93. The second-order valence-electron chi connectivity index (χ2n) is 7.47. The summed E-state index contributed by atoms with van der Waals surface area (Å²) in [7, 11) is 0. The summed E-state index contributed by atoms with van der Waals surface area (Å²) in [6.45, 7) is 9.45. The fourth-order valence-corrected chi connectivity index (χ4v) is 3.15. The van der Waals surface area contributed by atoms with E-state index < -0.39 is 6.04 Å². The Hall–Kier alpha value is -2.86. The van der Waals surface area contributed by atoms with Crippen molar-refractivity contribution in [3.05, 3.63) is 59.7 Å². The Bertz CT molecular complexity index is 838. The molecule has 2 aromatic rings. The number of nitrogens with one attached hydrogen (secondary N) is 2. The minimum absolute atomic E-state index is 0.111. The molecule has 2 rings (SSSR count). The Morgan fingerprint density at radius 2 is 1.87 bits per heavy atom. The molecule has 1 unspecified atom stereocenters. The Morgan fingerprint density at radius 1 is 1.10 bits per heavy atom. The van der Waals surface area contributed by atoms with Crippen molar-refractivity contribution in [3.63, 3.8) is 0 Å². The van der Waals surface area contributed by atoms with E-state index in [4.69, 9.17) is 4.74 Å². The molecule has 1 atom stereocenters. The van der Waals surface area contributed by atoms with Gasteiger partial charge in [-0.15, -0.1) is 0 Å². The Morgan fingerprint density at radius 3 is 2.57 bits per heavy atom. The normalized spacial score (nSPS) is 11.8. The monoisotopic (exact) mass is 411 g/mol. The van der Waals surface area contributed by atoms with Crippen molar-refractivity contribution in [2.45, 2.75) is 40.2 Å². The summed E-state index contributed by atoms with van der Waals surface area (Å²) < 4.78 is 5.67. The summed E-state index contributed by atoms with van der Waals surface area (Å²) in [5, 5.41) is 5.84. The van der Waals surface area contributed by atoms with Gasteiger partial charge in [-0.05, 0) is 63.1 Å². The van der Waals surface area contributed by atoms with Gasteiger partial charge in [-0.25, -0.2) is 0 Å². The number of carbonyl (C=O) groups excluding carboxylic acids is 2. The maximum absolute atomic E-state index is 12.6. The standard InChI is InChI=1S/C24H33N3O3/c1-5-14-27(17-23(28)26-22-12-7-6-10-19(22)3)20(4)24(29)25-13-15-30-21-11-8-9-18(2)16-21/h6-12,16,20H,5,13-15,17H2,1-4H3,(H,25,29)(H,26,28). The molecular weight excluding hydrogens is 378 g/mol. The SMILES string of the molecule is CCCN(CC(=O)Nc1ccccc1C)C(C)C(=O)NCCOc1cccc(C)c1. The predicted octanol–water partition coefficient (Wildman–Crippen LogP) is 3.54. The topological polar surface area (TPSA) is 70.7 Å². The molecule has 2 amide bonds. The largest absolute Gasteiger partial charge is 0.492 e. The van der Waals surface area contributed by atoms with Crippen LogP contribution in [0.3, 0.4) is 0 Å². The van der Waals surface area contributed by atoms with Crippen LogP contribution in [0.1, 0.15) is 31.4 Å². The van der Waals surface area contributed by atoms with Crippen LogP contribution < -0.4 is 15.4 Å². The van der Waals surface area contributed by atoms with E-state index >= 15 is 0 Å². The van der Waals surface area contributed by atoms with Gasteiger partial charge in [0.15, 0.2) is 0 Å². The quantitative estimate of drug-likeness (QED) is 0.555. The van der Waals surface area contributed by atoms with Gasteiger partial charge >= 0.3 is 0 Å². The lowest BCUT2D eigenvalue weighted by Crippen LogP contribution is -2.48. The number of nitrogens with zero attached hydrogens (tertiary/aromatic N) is 1. The van der Waals surface area contributed by atoms with Crippen molar-refractivity contribution in [1.82, 2.24) is 10.2 Å². The number of hydrogen-bond donors (Lipinski definition) is 2. The molecule has 30 heavy (non-hydrogen) atoms. The molecule has 0 radical (unpaired) electrons. The van der Waals surface area contributed by atoms with Crippen LogP contribution in [-0.4, -0.2) is 49.0 Å². The number of amides is 2. The highest BCUT2D eigenvalue weighted by atomic mass is 16.5. The Labute approximate surface area is 179 Å². The maximum Gasteiger partial charge on any atom is 0.238 e. The van der Waals surface area contributed by atoms with Gasteiger partial charge in [0.25, 0.3) is 0 Å². The lowest BCUT2D eigenvalue weighted by molar-refractivity contribution is -0.127. The second kappa shape index (κ2) is 12.0. The van der Waals surface area contributed by atoms with E-state index in [1.807, 2.05) is 81.1 Å². The van der Waals surface area contributed by atoms with Crippen molar-refractivity contribution in [2.24, 2.45) is 0 Å². The van der Waals surface area contributed by atoms with E-state index in [1.165, 1.54) is 0 Å². The summed E-state index contributed by atoms with van der Waals surface area (Å²) in [6.07, 6.45) is 0.853. The molecule has 0 heterocycles. The molecule has 0 aliphatic rings. The summed E-state index contributed by atoms with van der Waals surface area (Å²) in [4.78, 5) is 27.0. The van der Waals surface area contributed by atoms with Crippen molar-refractivity contribution < 1.29 is 14.3 Å². The molecule has 0 aliphatic carbocycles. The molecule has 6 nitrogen and oxygen atoms in total. The maximum atomic E-state index is 12.6. The first kappa shape index (κ1) is 23.4. The number of benzene rings is 2. The van der Waals surface area contributed by atoms with Crippen LogP contribution in [0, 0.1) is 13.8 Å². The van der Waals surface area contributed by atoms with E-state index in [0.717, 1.165) is 29.0 Å². The van der Waals surface area contributed by atoms with E-state index in [-0.39, 0.29) is 18.4 Å². The zero-order valence-corrected chi connectivity index (χ0v) is 18.4. The zero-order valence-electron chi connectivity index (χ0n) is 18.4. The highest BCUT2D eigenvalue weighted by Crippen LogP contribution is 2.14. The van der Waals surface area contributed by atoms with E-state index in [9.17, 15) is 9.59 Å². The summed E-state index contributed by atoms with van der Waals surface area (Å²) in [6, 6.07) is 15.0. The molecule has 0 saturated heterocycles. The second-order valence-corrected chi connectivity index (χ2v) is 7.47. The molecular formula is C24H33N3O3. The van der Waals surface area contributed by atoms with Crippen LogP contribution >= 0.6 is 0 Å². The van der Waals surface area contributed by atoms with Crippen LogP contribution in [0.15, 0.2) is 48.5 Å². The van der Waals surface area contributed by atoms with Gasteiger partial charge in [0, 0.05) is 5.69 Å². The predicted molar refractivity (Wildman–Crippen MR) is 121 cm³/mol. The Kier molecular flexibility index (Phi) is 9.35. The van der Waals surface area contributed by atoms with E-state index in [0.29, 0.717) is 19.7 Å². The van der Waals surface area contributed by atoms with Crippen LogP contribution in [-0.2, 0) is 9.59 Å². The number of para-hydroxylation sites is 1. The van der Waals surface area contributed by atoms with Gasteiger partial charge in [0.2, 0.25) is 11.8 Å². The number of ether oxygens (including phenoxy) is 1. The fraction of sp³-hybridized carbons (Fsp3) is 0.417. The summed E-state index contributed by atoms with van der Waals surface area (Å²) in [5.74, 6) is 0.554. The fourth-order valence-electron chi connectivity index (χ4n) is 3.15. The lowest BCUT2D eigenvalue weighted by Gasteiger charge is -2.27. The minimum Gasteiger partial charge on any atom is -0.492 e. The van der Waals surface area contributed by atoms with Crippen LogP contribution in [0.4, 0.5) is 5.69 Å². The van der Waals surface area contributed by atoms with Gasteiger partial charge in [-0.2, -0.15) is 0 Å². The van der Waals surface area contributed by atoms with Gasteiger partial charge in [-0.1, -0.05) is 37.3 Å². The molecule has 2 aromatic carbocycles. The van der Waals surface area contributed by atoms with Crippen molar-refractivity contribution in [2.75, 3.05) is 31.6 Å². The molecule has 162 valence electrons. The molecule has 0 saturated carbocycles. The number of carbonyl (C=O) groups is 2. The minimum atomic E-state index is -0.411. The first-order valence-electron chi connectivity index (χ1n) is 10.5. The lowest BCUT2D eigenvalue weighted by atomic mass is 10.2. The summed E-state index contributed by atoms with van der Waals surface area (Å²) in [5.41, 5.74) is 2.93. The van der Waals surface area contributed by atoms with Gasteiger partial charge < -0.3 is 15.4 Å². The van der Waals surface area contributed by atoms with Gasteiger partial charge in [0.05, 0.1) is 19.1 Å². The first-order valence-corrected chi connectivity index (χ1v) is 10.5. The van der Waals surface area contributed by atoms with Crippen LogP contribution in [0.5, 0.6) is 5.75 Å². The molecule has 6 heteroatoms. The van der Waals surface area contributed by atoms with Crippen LogP contribution in [0.2, 0.25) is 0 Å². The third kappa shape index (κ3) is 7.52. The van der Waals surface area contributed by atoms with Crippen LogP contribution in [0.25, 0.3) is 0 Å². The molecule has 0 spiro atoms. The molecule has 0 aliphatic heterocycles. The molecule has 2 N–H and O–H groups in total. The smallest absolute Gasteiger partial charge is 0.238 e. The molecule has 0 fully saturated rings. The highest BCUT2D eigenvalue weighted by Gasteiger charge is 2.22. The average molecular weight is 412 g/mol. The van der Waals surface area contributed by atoms with E-state index in [2.05, 4.69) is 10.6 Å². The number of aryl methyl sites for hydroxylation is 2. The van der Waals surface area contributed by atoms with Crippen molar-refractivity contribution in [1.29, 1.82) is 0 Å². The van der Waals surface area contributed by atoms with E-state index in [1.54, 1.807) is 0 Å². The number of rotatable bonds is 11. The Balaban J connectivity index is 1.82. The average Bonchev–Trinajstić information content (AvgIpc) is 2.72. The zero-order chi connectivity index (χ0) is 21.9. The first-order chi connectivity index (χ1) is 14.4. The van der Waals surface area contributed by atoms with Crippen molar-refractivity contribution >= 4 is 17.5 Å².